The highest BCUT2D eigenvalue weighted by Crippen LogP contribution is 2.30. The van der Waals surface area contributed by atoms with Crippen molar-refractivity contribution in [2.75, 3.05) is 13.7 Å². The molecule has 0 aliphatic carbocycles. The molecule has 0 radical (unpaired) electrons. The Morgan fingerprint density at radius 1 is 1.22 bits per heavy atom. The summed E-state index contributed by atoms with van der Waals surface area (Å²) in [4.78, 5) is 0. The molecule has 0 saturated carbocycles. The van der Waals surface area contributed by atoms with Gasteiger partial charge in [-0.3, -0.25) is 0 Å². The van der Waals surface area contributed by atoms with Crippen LogP contribution in [0.2, 0.25) is 0 Å². The Morgan fingerprint density at radius 3 is 2.57 bits per heavy atom. The Kier molecular flexibility index (Phi) is 5.97. The fourth-order valence-corrected chi connectivity index (χ4v) is 2.39. The van der Waals surface area contributed by atoms with Gasteiger partial charge in [0.25, 0.3) is 0 Å². The van der Waals surface area contributed by atoms with E-state index in [2.05, 4.69) is 6.58 Å². The van der Waals surface area contributed by atoms with Crippen LogP contribution < -0.4 is 9.47 Å². The lowest BCUT2D eigenvalue weighted by atomic mass is 9.99. The molecule has 2 rings (SSSR count). The molecule has 5 atom stereocenters. The predicted molar refractivity (Wildman–Crippen MR) is 81.3 cm³/mol. The van der Waals surface area contributed by atoms with Crippen LogP contribution in [0.1, 0.15) is 5.56 Å². The molecule has 0 spiro atoms. The summed E-state index contributed by atoms with van der Waals surface area (Å²) in [5.41, 5.74) is 0.790. The van der Waals surface area contributed by atoms with Crippen LogP contribution in [-0.2, 0) is 11.2 Å². The summed E-state index contributed by atoms with van der Waals surface area (Å²) >= 11 is 0. The van der Waals surface area contributed by atoms with E-state index in [0.29, 0.717) is 17.9 Å². The first-order chi connectivity index (χ1) is 11.0. The molecular weight excluding hydrogens is 304 g/mol. The topological polar surface area (TPSA) is 109 Å². The van der Waals surface area contributed by atoms with E-state index in [1.807, 2.05) is 0 Å². The smallest absolute Gasteiger partial charge is 0.229 e. The van der Waals surface area contributed by atoms with Gasteiger partial charge in [0.05, 0.1) is 13.7 Å². The molecule has 4 N–H and O–H groups in total. The normalized spacial score (nSPS) is 30.7. The van der Waals surface area contributed by atoms with Gasteiger partial charge in [-0.2, -0.15) is 0 Å². The number of methoxy groups -OCH3 is 1. The average molecular weight is 326 g/mol. The molecule has 1 aliphatic rings. The van der Waals surface area contributed by atoms with Crippen molar-refractivity contribution < 1.29 is 34.6 Å². The lowest BCUT2D eigenvalue weighted by Gasteiger charge is -2.39. The van der Waals surface area contributed by atoms with Gasteiger partial charge in [-0.05, 0) is 18.1 Å². The third-order valence-corrected chi connectivity index (χ3v) is 3.73. The van der Waals surface area contributed by atoms with Crippen molar-refractivity contribution in [2.24, 2.45) is 0 Å². The molecule has 1 fully saturated rings. The molecule has 0 aromatic heterocycles. The van der Waals surface area contributed by atoms with E-state index < -0.39 is 37.3 Å². The largest absolute Gasteiger partial charge is 0.497 e. The maximum Gasteiger partial charge on any atom is 0.229 e. The molecule has 1 heterocycles. The monoisotopic (exact) mass is 326 g/mol. The quantitative estimate of drug-likeness (QED) is 0.527. The first-order valence-corrected chi connectivity index (χ1v) is 7.26. The van der Waals surface area contributed by atoms with Gasteiger partial charge in [0, 0.05) is 6.07 Å². The molecule has 0 bridgehead atoms. The van der Waals surface area contributed by atoms with E-state index >= 15 is 0 Å². The fraction of sp³-hybridized carbons (Fsp3) is 0.500. The zero-order chi connectivity index (χ0) is 17.0. The van der Waals surface area contributed by atoms with Crippen molar-refractivity contribution in [2.45, 2.75) is 37.1 Å². The molecule has 7 heteroatoms. The zero-order valence-corrected chi connectivity index (χ0v) is 12.8. The number of aliphatic hydroxyl groups excluding tert-OH is 4. The van der Waals surface area contributed by atoms with E-state index in [1.165, 1.54) is 7.11 Å². The van der Waals surface area contributed by atoms with Gasteiger partial charge in [0.15, 0.2) is 0 Å². The fourth-order valence-electron chi connectivity index (χ4n) is 2.39. The maximum absolute atomic E-state index is 10.0. The molecule has 1 aliphatic heterocycles. The molecule has 128 valence electrons. The minimum atomic E-state index is -1.49. The number of hydrogen-bond acceptors (Lipinski definition) is 7. The van der Waals surface area contributed by atoms with Gasteiger partial charge < -0.3 is 34.6 Å². The highest BCUT2D eigenvalue weighted by molar-refractivity contribution is 5.41. The van der Waals surface area contributed by atoms with E-state index in [4.69, 9.17) is 14.2 Å². The Bertz CT molecular complexity index is 531. The van der Waals surface area contributed by atoms with Crippen LogP contribution in [-0.4, -0.2) is 64.8 Å². The van der Waals surface area contributed by atoms with Crippen LogP contribution in [0.15, 0.2) is 30.9 Å². The van der Waals surface area contributed by atoms with Crippen molar-refractivity contribution in [1.29, 1.82) is 0 Å². The van der Waals surface area contributed by atoms with E-state index in [-0.39, 0.29) is 0 Å². The van der Waals surface area contributed by atoms with Crippen LogP contribution in [0.5, 0.6) is 11.5 Å². The number of ether oxygens (including phenoxy) is 3. The summed E-state index contributed by atoms with van der Waals surface area (Å²) in [7, 11) is 1.51. The predicted octanol–water partition coefficient (Wildman–Crippen LogP) is -0.398. The van der Waals surface area contributed by atoms with Gasteiger partial charge in [0.2, 0.25) is 6.29 Å². The molecule has 0 amide bonds. The summed E-state index contributed by atoms with van der Waals surface area (Å²) in [6.07, 6.45) is -4.41. The lowest BCUT2D eigenvalue weighted by molar-refractivity contribution is -0.277. The van der Waals surface area contributed by atoms with Gasteiger partial charge in [-0.25, -0.2) is 0 Å². The molecule has 1 aromatic rings. The SMILES string of the molecule is C=CCc1ccc(OC)cc1O[C@@H]1O[C@H](CO)[C@@H](O)[C@H](O)[C@H]1O. The summed E-state index contributed by atoms with van der Waals surface area (Å²) in [5, 5.41) is 38.8. The number of hydrogen-bond donors (Lipinski definition) is 4. The van der Waals surface area contributed by atoms with Crippen molar-refractivity contribution in [1.82, 2.24) is 0 Å². The standard InChI is InChI=1S/C16H22O7/c1-3-4-9-5-6-10(21-2)7-11(9)22-16-15(20)14(19)13(18)12(8-17)23-16/h3,5-7,12-20H,1,4,8H2,2H3/t12-,13-,14+,15-,16-/m1/s1. The van der Waals surface area contributed by atoms with Crippen molar-refractivity contribution in [3.63, 3.8) is 0 Å². The molecule has 1 aromatic carbocycles. The molecule has 0 unspecified atom stereocenters. The van der Waals surface area contributed by atoms with Crippen LogP contribution in [0.4, 0.5) is 0 Å². The second-order valence-electron chi connectivity index (χ2n) is 5.28. The van der Waals surface area contributed by atoms with Crippen LogP contribution >= 0.6 is 0 Å². The summed E-state index contributed by atoms with van der Waals surface area (Å²) < 4.78 is 16.2. The van der Waals surface area contributed by atoms with Gasteiger partial charge in [-0.1, -0.05) is 12.1 Å². The Morgan fingerprint density at radius 2 is 1.96 bits per heavy atom. The maximum atomic E-state index is 10.0. The minimum Gasteiger partial charge on any atom is -0.497 e. The second kappa shape index (κ2) is 7.76. The highest BCUT2D eigenvalue weighted by Gasteiger charge is 2.44. The van der Waals surface area contributed by atoms with Crippen molar-refractivity contribution >= 4 is 0 Å². The summed E-state index contributed by atoms with van der Waals surface area (Å²) in [6, 6.07) is 5.18. The van der Waals surface area contributed by atoms with Crippen LogP contribution in [0.3, 0.4) is 0 Å². The van der Waals surface area contributed by atoms with Crippen LogP contribution in [0.25, 0.3) is 0 Å². The number of rotatable bonds is 6. The van der Waals surface area contributed by atoms with E-state index in [9.17, 15) is 20.4 Å². The number of allylic oxidation sites excluding steroid dienone is 1. The van der Waals surface area contributed by atoms with Crippen LogP contribution in [0, 0.1) is 0 Å². The first-order valence-electron chi connectivity index (χ1n) is 7.26. The van der Waals surface area contributed by atoms with E-state index in [0.717, 1.165) is 5.56 Å². The summed E-state index contributed by atoms with van der Waals surface area (Å²) in [6.45, 7) is 3.16. The Hall–Kier alpha value is -1.64. The second-order valence-corrected chi connectivity index (χ2v) is 5.28. The molecule has 7 nitrogen and oxygen atoms in total. The van der Waals surface area contributed by atoms with Gasteiger partial charge in [0.1, 0.15) is 35.9 Å². The Balaban J connectivity index is 2.24. The highest BCUT2D eigenvalue weighted by atomic mass is 16.7. The summed E-state index contributed by atoms with van der Waals surface area (Å²) in [5.74, 6) is 0.950. The average Bonchev–Trinajstić information content (AvgIpc) is 2.57. The minimum absolute atomic E-state index is 0.397. The zero-order valence-electron chi connectivity index (χ0n) is 12.8. The van der Waals surface area contributed by atoms with Gasteiger partial charge in [-0.15, -0.1) is 6.58 Å². The van der Waals surface area contributed by atoms with E-state index in [1.54, 1.807) is 24.3 Å². The van der Waals surface area contributed by atoms with Crippen molar-refractivity contribution in [3.05, 3.63) is 36.4 Å². The molecular formula is C16H22O7. The number of aliphatic hydroxyl groups is 4. The number of benzene rings is 1. The van der Waals surface area contributed by atoms with Crippen molar-refractivity contribution in [3.8, 4) is 11.5 Å². The van der Waals surface area contributed by atoms with Gasteiger partial charge >= 0.3 is 0 Å². The third-order valence-electron chi connectivity index (χ3n) is 3.73. The Labute approximate surface area is 134 Å². The molecule has 23 heavy (non-hydrogen) atoms. The lowest BCUT2D eigenvalue weighted by Crippen LogP contribution is -2.60. The first kappa shape index (κ1) is 17.7. The third kappa shape index (κ3) is 3.82. The molecule has 1 saturated heterocycles.